The van der Waals surface area contributed by atoms with Gasteiger partial charge in [0.1, 0.15) is 12.7 Å². The molecule has 1 aliphatic carbocycles. The standard InChI is InChI=1S/C25H31F2NO4.ClH/c1-25(2,13-17-9-18-5-3-4-6-19(18)10-17)28-14-20(29)15-32-22-12-16(7-8-23(30)31)11-21(26)24(22)27;/h3-6,11-12,17,20,28-29H,7-10,13-15H2,1-2H3,(H,30,31);1H/t20-;/m0./s1. The summed E-state index contributed by atoms with van der Waals surface area (Å²) in [4.78, 5) is 10.7. The minimum Gasteiger partial charge on any atom is -0.488 e. The molecular formula is C25H32ClF2NO4. The lowest BCUT2D eigenvalue weighted by atomic mass is 9.88. The molecule has 1 aliphatic rings. The Kier molecular flexibility index (Phi) is 9.64. The Labute approximate surface area is 199 Å². The van der Waals surface area contributed by atoms with Gasteiger partial charge in [-0.2, -0.15) is 4.39 Å². The lowest BCUT2D eigenvalue weighted by Gasteiger charge is -2.30. The molecular weight excluding hydrogens is 452 g/mol. The molecule has 2 aromatic rings. The first-order chi connectivity index (χ1) is 15.1. The van der Waals surface area contributed by atoms with E-state index >= 15 is 0 Å². The van der Waals surface area contributed by atoms with Gasteiger partial charge in [0.15, 0.2) is 11.6 Å². The third-order valence-electron chi connectivity index (χ3n) is 5.86. The second-order valence-electron chi connectivity index (χ2n) is 9.26. The fraction of sp³-hybridized carbons (Fsp3) is 0.480. The number of hydrogen-bond donors (Lipinski definition) is 3. The van der Waals surface area contributed by atoms with Gasteiger partial charge in [0.2, 0.25) is 5.82 Å². The van der Waals surface area contributed by atoms with Crippen molar-refractivity contribution in [1.29, 1.82) is 0 Å². The van der Waals surface area contributed by atoms with Gasteiger partial charge in [0.05, 0.1) is 0 Å². The SMILES string of the molecule is CC(C)(CC1Cc2ccccc2C1)NC[C@H](O)COc1cc(CCC(=O)O)cc(F)c1F.Cl. The van der Waals surface area contributed by atoms with E-state index in [9.17, 15) is 18.7 Å². The van der Waals surface area contributed by atoms with E-state index in [0.717, 1.165) is 25.3 Å². The second kappa shape index (κ2) is 11.8. The Morgan fingerprint density at radius 2 is 1.85 bits per heavy atom. The highest BCUT2D eigenvalue weighted by atomic mass is 35.5. The number of hydrogen-bond acceptors (Lipinski definition) is 4. The number of ether oxygens (including phenoxy) is 1. The van der Waals surface area contributed by atoms with Gasteiger partial charge < -0.3 is 20.3 Å². The number of fused-ring (bicyclic) bond motifs is 1. The summed E-state index contributed by atoms with van der Waals surface area (Å²) >= 11 is 0. The summed E-state index contributed by atoms with van der Waals surface area (Å²) in [7, 11) is 0. The van der Waals surface area contributed by atoms with E-state index in [-0.39, 0.29) is 49.7 Å². The molecule has 0 radical (unpaired) electrons. The quantitative estimate of drug-likeness (QED) is 0.443. The maximum Gasteiger partial charge on any atom is 0.303 e. The van der Waals surface area contributed by atoms with Crippen LogP contribution in [0.5, 0.6) is 5.75 Å². The molecule has 0 aliphatic heterocycles. The van der Waals surface area contributed by atoms with Crippen molar-refractivity contribution in [2.45, 2.75) is 57.6 Å². The van der Waals surface area contributed by atoms with E-state index in [4.69, 9.17) is 9.84 Å². The number of carbonyl (C=O) groups is 1. The lowest BCUT2D eigenvalue weighted by molar-refractivity contribution is -0.136. The van der Waals surface area contributed by atoms with Crippen molar-refractivity contribution in [2.24, 2.45) is 5.92 Å². The van der Waals surface area contributed by atoms with Crippen molar-refractivity contribution in [3.05, 3.63) is 64.7 Å². The minimum atomic E-state index is -1.15. The molecule has 3 rings (SSSR count). The van der Waals surface area contributed by atoms with Gasteiger partial charge >= 0.3 is 5.97 Å². The number of β-amino-alcohol motifs (C(OH)–C–C–N with tert-alkyl or cyclic N) is 1. The molecule has 0 saturated carbocycles. The molecule has 0 unspecified atom stereocenters. The molecule has 2 aromatic carbocycles. The first kappa shape index (κ1) is 27.0. The summed E-state index contributed by atoms with van der Waals surface area (Å²) in [5.41, 5.74) is 2.93. The molecule has 33 heavy (non-hydrogen) atoms. The van der Waals surface area contributed by atoms with Gasteiger partial charge in [0.25, 0.3) is 0 Å². The second-order valence-corrected chi connectivity index (χ2v) is 9.26. The van der Waals surface area contributed by atoms with Crippen LogP contribution < -0.4 is 10.1 Å². The van der Waals surface area contributed by atoms with Gasteiger partial charge in [-0.25, -0.2) is 4.39 Å². The van der Waals surface area contributed by atoms with Crippen molar-refractivity contribution < 1.29 is 28.5 Å². The van der Waals surface area contributed by atoms with Gasteiger partial charge in [-0.05, 0) is 74.3 Å². The molecule has 0 aromatic heterocycles. The minimum absolute atomic E-state index is 0. The monoisotopic (exact) mass is 483 g/mol. The average Bonchev–Trinajstić information content (AvgIpc) is 3.13. The molecule has 0 heterocycles. The smallest absolute Gasteiger partial charge is 0.303 e. The van der Waals surface area contributed by atoms with Crippen LogP contribution in [-0.2, 0) is 24.1 Å². The van der Waals surface area contributed by atoms with Crippen LogP contribution >= 0.6 is 12.4 Å². The fourth-order valence-electron chi connectivity index (χ4n) is 4.35. The van der Waals surface area contributed by atoms with Crippen LogP contribution in [0.1, 0.15) is 43.4 Å². The summed E-state index contributed by atoms with van der Waals surface area (Å²) in [6.45, 7) is 4.21. The molecule has 8 heteroatoms. The van der Waals surface area contributed by atoms with Crippen molar-refractivity contribution in [3.8, 4) is 5.75 Å². The van der Waals surface area contributed by atoms with Crippen LogP contribution in [0.2, 0.25) is 0 Å². The van der Waals surface area contributed by atoms with E-state index in [1.165, 1.54) is 17.2 Å². The molecule has 0 spiro atoms. The third-order valence-corrected chi connectivity index (χ3v) is 5.86. The van der Waals surface area contributed by atoms with Crippen LogP contribution in [0, 0.1) is 17.6 Å². The predicted molar refractivity (Wildman–Crippen MR) is 125 cm³/mol. The summed E-state index contributed by atoms with van der Waals surface area (Å²) in [6.07, 6.45) is 2.00. The molecule has 0 bridgehead atoms. The first-order valence-electron chi connectivity index (χ1n) is 11.0. The van der Waals surface area contributed by atoms with Gasteiger partial charge in [-0.1, -0.05) is 24.3 Å². The molecule has 5 nitrogen and oxygen atoms in total. The molecule has 0 fully saturated rings. The predicted octanol–water partition coefficient (Wildman–Crippen LogP) is 4.32. The zero-order chi connectivity index (χ0) is 23.3. The van der Waals surface area contributed by atoms with Crippen LogP contribution in [-0.4, -0.2) is 41.0 Å². The van der Waals surface area contributed by atoms with E-state index < -0.39 is 23.7 Å². The van der Waals surface area contributed by atoms with Gasteiger partial charge in [0, 0.05) is 18.5 Å². The number of aryl methyl sites for hydroxylation is 1. The molecule has 0 saturated heterocycles. The number of benzene rings is 2. The van der Waals surface area contributed by atoms with Crippen molar-refractivity contribution in [2.75, 3.05) is 13.2 Å². The van der Waals surface area contributed by atoms with Crippen LogP contribution in [0.4, 0.5) is 8.78 Å². The number of carboxylic acids is 1. The Hall–Kier alpha value is -2.22. The number of aliphatic hydroxyl groups excluding tert-OH is 1. The summed E-state index contributed by atoms with van der Waals surface area (Å²) in [6, 6.07) is 10.7. The highest BCUT2D eigenvalue weighted by Crippen LogP contribution is 2.32. The third kappa shape index (κ3) is 7.95. The summed E-state index contributed by atoms with van der Waals surface area (Å²) in [5, 5.41) is 22.4. The van der Waals surface area contributed by atoms with E-state index in [1.807, 2.05) is 0 Å². The summed E-state index contributed by atoms with van der Waals surface area (Å²) in [5.74, 6) is -3.07. The van der Waals surface area contributed by atoms with Crippen LogP contribution in [0.15, 0.2) is 36.4 Å². The Morgan fingerprint density at radius 1 is 1.21 bits per heavy atom. The maximum atomic E-state index is 14.0. The van der Waals surface area contributed by atoms with Crippen LogP contribution in [0.25, 0.3) is 0 Å². The fourth-order valence-corrected chi connectivity index (χ4v) is 4.35. The van der Waals surface area contributed by atoms with Gasteiger partial charge in [-0.3, -0.25) is 4.79 Å². The molecule has 1 atom stereocenters. The van der Waals surface area contributed by atoms with Crippen molar-refractivity contribution >= 4 is 18.4 Å². The topological polar surface area (TPSA) is 78.8 Å². The first-order valence-corrected chi connectivity index (χ1v) is 11.0. The Balaban J connectivity index is 0.00000385. The van der Waals surface area contributed by atoms with E-state index in [1.54, 1.807) is 0 Å². The normalized spacial score (nSPS) is 14.5. The van der Waals surface area contributed by atoms with Crippen LogP contribution in [0.3, 0.4) is 0 Å². The molecule has 182 valence electrons. The average molecular weight is 484 g/mol. The zero-order valence-electron chi connectivity index (χ0n) is 18.9. The highest BCUT2D eigenvalue weighted by molar-refractivity contribution is 5.85. The molecule has 3 N–H and O–H groups in total. The number of aliphatic hydroxyl groups is 1. The Morgan fingerprint density at radius 3 is 2.45 bits per heavy atom. The molecule has 0 amide bonds. The Bertz CT molecular complexity index is 929. The number of aliphatic carboxylic acids is 1. The zero-order valence-corrected chi connectivity index (χ0v) is 19.8. The lowest BCUT2D eigenvalue weighted by Crippen LogP contribution is -2.46. The number of rotatable bonds is 11. The number of carboxylic acid groups (broad SMARTS) is 1. The summed E-state index contributed by atoms with van der Waals surface area (Å²) < 4.78 is 33.2. The van der Waals surface area contributed by atoms with E-state index in [0.29, 0.717) is 11.5 Å². The van der Waals surface area contributed by atoms with Crippen molar-refractivity contribution in [1.82, 2.24) is 5.32 Å². The van der Waals surface area contributed by atoms with E-state index in [2.05, 4.69) is 43.4 Å². The highest BCUT2D eigenvalue weighted by Gasteiger charge is 2.28. The maximum absolute atomic E-state index is 14.0. The number of halogens is 3. The largest absolute Gasteiger partial charge is 0.488 e. The van der Waals surface area contributed by atoms with Crippen molar-refractivity contribution in [3.63, 3.8) is 0 Å². The van der Waals surface area contributed by atoms with Gasteiger partial charge in [-0.15, -0.1) is 12.4 Å². The number of nitrogens with one attached hydrogen (secondary N) is 1.